The van der Waals surface area contributed by atoms with E-state index in [0.717, 1.165) is 16.9 Å². The van der Waals surface area contributed by atoms with Gasteiger partial charge < -0.3 is 24.4 Å². The molecule has 1 heterocycles. The molecule has 0 fully saturated rings. The molecule has 9 heteroatoms. The first-order valence-electron chi connectivity index (χ1n) is 8.87. The minimum atomic E-state index is -0.624. The van der Waals surface area contributed by atoms with E-state index in [1.165, 1.54) is 32.3 Å². The fourth-order valence-electron chi connectivity index (χ4n) is 2.64. The average Bonchev–Trinajstić information content (AvgIpc) is 3.06. The van der Waals surface area contributed by atoms with E-state index in [1.807, 2.05) is 0 Å². The molecule has 2 rings (SSSR count). The standard InChI is InChI=1S/C21H24N2O6S/c1-12-17(21(26)29-6)19(30-18(12)20(25)23(2)3)22-16(24)10-8-13-7-9-14(27-4)15(11-13)28-5/h7-11H,1-6H3,(H,22,24). The predicted octanol–water partition coefficient (Wildman–Crippen LogP) is 3.21. The van der Waals surface area contributed by atoms with Crippen molar-refractivity contribution in [2.45, 2.75) is 6.92 Å². The van der Waals surface area contributed by atoms with Crippen molar-refractivity contribution in [3.8, 4) is 11.5 Å². The summed E-state index contributed by atoms with van der Waals surface area (Å²) in [7, 11) is 7.54. The van der Waals surface area contributed by atoms with Crippen LogP contribution in [0.15, 0.2) is 24.3 Å². The summed E-state index contributed by atoms with van der Waals surface area (Å²) in [6, 6.07) is 5.23. The Kier molecular flexibility index (Phi) is 7.60. The third kappa shape index (κ3) is 4.98. The van der Waals surface area contributed by atoms with Crippen LogP contribution < -0.4 is 14.8 Å². The SMILES string of the molecule is COC(=O)c1c(NC(=O)C=Cc2ccc(OC)c(OC)c2)sc(C(=O)N(C)C)c1C. The van der Waals surface area contributed by atoms with Crippen molar-refractivity contribution in [1.29, 1.82) is 0 Å². The maximum Gasteiger partial charge on any atom is 0.341 e. The molecular formula is C21H24N2O6S. The number of amides is 2. The highest BCUT2D eigenvalue weighted by molar-refractivity contribution is 7.18. The summed E-state index contributed by atoms with van der Waals surface area (Å²) in [5.74, 6) is -0.229. The third-order valence-corrected chi connectivity index (χ3v) is 5.40. The molecule has 2 aromatic rings. The second-order valence-corrected chi connectivity index (χ2v) is 7.41. The molecule has 1 aromatic heterocycles. The van der Waals surface area contributed by atoms with E-state index >= 15 is 0 Å². The first-order chi connectivity index (χ1) is 14.2. The Labute approximate surface area is 179 Å². The maximum absolute atomic E-state index is 12.5. The average molecular weight is 432 g/mol. The summed E-state index contributed by atoms with van der Waals surface area (Å²) < 4.78 is 15.3. The zero-order valence-electron chi connectivity index (χ0n) is 17.7. The van der Waals surface area contributed by atoms with Gasteiger partial charge in [-0.05, 0) is 36.3 Å². The summed E-state index contributed by atoms with van der Waals surface area (Å²) >= 11 is 1.03. The predicted molar refractivity (Wildman–Crippen MR) is 116 cm³/mol. The Hall–Kier alpha value is -3.33. The zero-order valence-corrected chi connectivity index (χ0v) is 18.5. The van der Waals surface area contributed by atoms with Gasteiger partial charge in [0.05, 0.1) is 31.8 Å². The van der Waals surface area contributed by atoms with Crippen LogP contribution in [-0.4, -0.2) is 58.1 Å². The molecule has 30 heavy (non-hydrogen) atoms. The number of nitrogens with zero attached hydrogens (tertiary/aromatic N) is 1. The van der Waals surface area contributed by atoms with Crippen LogP contribution >= 0.6 is 11.3 Å². The maximum atomic E-state index is 12.5. The Balaban J connectivity index is 2.29. The Morgan fingerprint density at radius 2 is 1.73 bits per heavy atom. The highest BCUT2D eigenvalue weighted by atomic mass is 32.1. The number of esters is 1. The lowest BCUT2D eigenvalue weighted by Gasteiger charge is -2.08. The fourth-order valence-corrected chi connectivity index (χ4v) is 3.86. The van der Waals surface area contributed by atoms with Crippen LogP contribution in [0.25, 0.3) is 6.08 Å². The highest BCUT2D eigenvalue weighted by Gasteiger charge is 2.26. The lowest BCUT2D eigenvalue weighted by atomic mass is 10.1. The Morgan fingerprint density at radius 3 is 2.30 bits per heavy atom. The second-order valence-electron chi connectivity index (χ2n) is 6.39. The number of anilines is 1. The summed E-state index contributed by atoms with van der Waals surface area (Å²) in [4.78, 5) is 38.8. The molecule has 8 nitrogen and oxygen atoms in total. The number of thiophene rings is 1. The van der Waals surface area contributed by atoms with Crippen LogP contribution in [0.3, 0.4) is 0 Å². The van der Waals surface area contributed by atoms with Crippen LogP contribution in [0.2, 0.25) is 0 Å². The normalized spacial score (nSPS) is 10.6. The van der Waals surface area contributed by atoms with Crippen LogP contribution in [0.1, 0.15) is 31.2 Å². The minimum absolute atomic E-state index is 0.167. The molecule has 0 radical (unpaired) electrons. The number of rotatable bonds is 7. The number of carbonyl (C=O) groups excluding carboxylic acids is 3. The van der Waals surface area contributed by atoms with Gasteiger partial charge in [-0.15, -0.1) is 11.3 Å². The monoisotopic (exact) mass is 432 g/mol. The summed E-state index contributed by atoms with van der Waals surface area (Å²) in [5.41, 5.74) is 1.35. The van der Waals surface area contributed by atoms with E-state index in [2.05, 4.69) is 5.32 Å². The van der Waals surface area contributed by atoms with Gasteiger partial charge in [0.2, 0.25) is 5.91 Å². The lowest BCUT2D eigenvalue weighted by molar-refractivity contribution is -0.111. The van der Waals surface area contributed by atoms with Crippen molar-refractivity contribution >= 4 is 40.2 Å². The Bertz CT molecular complexity index is 994. The molecule has 0 atom stereocenters. The van der Waals surface area contributed by atoms with E-state index in [1.54, 1.807) is 45.3 Å². The number of nitrogens with one attached hydrogen (secondary N) is 1. The van der Waals surface area contributed by atoms with Gasteiger partial charge >= 0.3 is 5.97 Å². The first-order valence-corrected chi connectivity index (χ1v) is 9.69. The molecule has 160 valence electrons. The van der Waals surface area contributed by atoms with Crippen LogP contribution in [-0.2, 0) is 9.53 Å². The van der Waals surface area contributed by atoms with Crippen LogP contribution in [0.5, 0.6) is 11.5 Å². The number of benzene rings is 1. The summed E-state index contributed by atoms with van der Waals surface area (Å²) in [6.45, 7) is 1.65. The number of methoxy groups -OCH3 is 3. The number of ether oxygens (including phenoxy) is 3. The molecule has 2 amide bonds. The topological polar surface area (TPSA) is 94.2 Å². The smallest absolute Gasteiger partial charge is 0.341 e. The van der Waals surface area contributed by atoms with Crippen molar-refractivity contribution in [3.63, 3.8) is 0 Å². The molecule has 1 aromatic carbocycles. The van der Waals surface area contributed by atoms with E-state index < -0.39 is 11.9 Å². The van der Waals surface area contributed by atoms with Crippen molar-refractivity contribution in [2.75, 3.05) is 40.7 Å². The Morgan fingerprint density at radius 1 is 1.07 bits per heavy atom. The minimum Gasteiger partial charge on any atom is -0.493 e. The van der Waals surface area contributed by atoms with Gasteiger partial charge in [0.25, 0.3) is 5.91 Å². The quantitative estimate of drug-likeness (QED) is 0.533. The summed E-state index contributed by atoms with van der Waals surface area (Å²) in [6.07, 6.45) is 2.92. The third-order valence-electron chi connectivity index (χ3n) is 4.21. The molecule has 0 bridgehead atoms. The van der Waals surface area contributed by atoms with E-state index in [0.29, 0.717) is 21.9 Å². The van der Waals surface area contributed by atoms with Gasteiger partial charge in [-0.2, -0.15) is 0 Å². The molecule has 0 aliphatic rings. The van der Waals surface area contributed by atoms with E-state index in [-0.39, 0.29) is 16.5 Å². The van der Waals surface area contributed by atoms with Crippen molar-refractivity contribution in [3.05, 3.63) is 45.8 Å². The second kappa shape index (κ2) is 9.93. The van der Waals surface area contributed by atoms with Crippen molar-refractivity contribution < 1.29 is 28.6 Å². The molecule has 0 unspecified atom stereocenters. The van der Waals surface area contributed by atoms with Gasteiger partial charge in [0, 0.05) is 20.2 Å². The number of hydrogen-bond acceptors (Lipinski definition) is 7. The number of hydrogen-bond donors (Lipinski definition) is 1. The van der Waals surface area contributed by atoms with Crippen LogP contribution in [0.4, 0.5) is 5.00 Å². The molecule has 0 aliphatic heterocycles. The van der Waals surface area contributed by atoms with Gasteiger partial charge in [0.15, 0.2) is 11.5 Å². The lowest BCUT2D eigenvalue weighted by Crippen LogP contribution is -2.21. The van der Waals surface area contributed by atoms with Crippen molar-refractivity contribution in [2.24, 2.45) is 0 Å². The number of carbonyl (C=O) groups is 3. The molecule has 1 N–H and O–H groups in total. The van der Waals surface area contributed by atoms with Gasteiger partial charge in [0.1, 0.15) is 5.00 Å². The molecule has 0 aliphatic carbocycles. The van der Waals surface area contributed by atoms with Gasteiger partial charge in [-0.1, -0.05) is 6.07 Å². The van der Waals surface area contributed by atoms with E-state index in [4.69, 9.17) is 14.2 Å². The first kappa shape index (κ1) is 23.0. The molecule has 0 saturated heterocycles. The van der Waals surface area contributed by atoms with Gasteiger partial charge in [-0.3, -0.25) is 9.59 Å². The molecule has 0 saturated carbocycles. The zero-order chi connectivity index (χ0) is 22.4. The van der Waals surface area contributed by atoms with E-state index in [9.17, 15) is 14.4 Å². The van der Waals surface area contributed by atoms with Crippen LogP contribution in [0, 0.1) is 6.92 Å². The summed E-state index contributed by atoms with van der Waals surface area (Å²) in [5, 5.41) is 2.92. The van der Waals surface area contributed by atoms with Gasteiger partial charge in [-0.25, -0.2) is 4.79 Å². The largest absolute Gasteiger partial charge is 0.493 e. The van der Waals surface area contributed by atoms with Crippen molar-refractivity contribution in [1.82, 2.24) is 4.90 Å². The molecular weight excluding hydrogens is 408 g/mol. The fraction of sp³-hybridized carbons (Fsp3) is 0.286. The molecule has 0 spiro atoms. The highest BCUT2D eigenvalue weighted by Crippen LogP contribution is 2.34.